The molecule has 4 atom stereocenters. The van der Waals surface area contributed by atoms with E-state index in [-0.39, 0.29) is 6.23 Å². The van der Waals surface area contributed by atoms with E-state index < -0.39 is 8.07 Å². The van der Waals surface area contributed by atoms with Crippen LogP contribution in [0.25, 0.3) is 0 Å². The van der Waals surface area contributed by atoms with Crippen LogP contribution in [0.1, 0.15) is 26.2 Å². The van der Waals surface area contributed by atoms with Crippen molar-refractivity contribution in [3.8, 4) is 0 Å². The van der Waals surface area contributed by atoms with Gasteiger partial charge in [-0.15, -0.1) is 0 Å². The summed E-state index contributed by atoms with van der Waals surface area (Å²) in [5, 5.41) is 13.6. The number of nitrogens with one attached hydrogen (secondary N) is 1. The summed E-state index contributed by atoms with van der Waals surface area (Å²) in [7, 11) is 3.22. The van der Waals surface area contributed by atoms with Gasteiger partial charge in [-0.1, -0.05) is 26.6 Å². The van der Waals surface area contributed by atoms with Crippen LogP contribution in [0.15, 0.2) is 0 Å². The van der Waals surface area contributed by atoms with Gasteiger partial charge >= 0.3 is 0 Å². The fraction of sp³-hybridized carbons (Fsp3) is 1.00. The van der Waals surface area contributed by atoms with Crippen molar-refractivity contribution < 1.29 is 5.11 Å². The summed E-state index contributed by atoms with van der Waals surface area (Å²) in [5.74, 6) is 1.12. The summed E-state index contributed by atoms with van der Waals surface area (Å²) in [6.07, 6.45) is 4.21. The van der Waals surface area contributed by atoms with Gasteiger partial charge in [0.05, 0.1) is 8.07 Å². The molecule has 0 aromatic rings. The molecule has 0 aromatic heterocycles. The van der Waals surface area contributed by atoms with Crippen molar-refractivity contribution >= 4 is 8.07 Å². The van der Waals surface area contributed by atoms with Crippen molar-refractivity contribution in [3.63, 3.8) is 0 Å². The van der Waals surface area contributed by atoms with E-state index in [2.05, 4.69) is 50.9 Å². The molecule has 0 bridgehead atoms. The Morgan fingerprint density at radius 3 is 2.33 bits per heavy atom. The fourth-order valence-corrected chi connectivity index (χ4v) is 3.87. The molecular formula is C14H32N2OSi. The molecule has 3 nitrogen and oxygen atoms in total. The first kappa shape index (κ1) is 16.2. The summed E-state index contributed by atoms with van der Waals surface area (Å²) < 4.78 is 0. The van der Waals surface area contributed by atoms with Crippen LogP contribution in [0.4, 0.5) is 0 Å². The molecule has 108 valence electrons. The zero-order valence-corrected chi connectivity index (χ0v) is 14.0. The summed E-state index contributed by atoms with van der Waals surface area (Å²) in [4.78, 5) is 2.34. The van der Waals surface area contributed by atoms with Crippen LogP contribution in [0.3, 0.4) is 0 Å². The van der Waals surface area contributed by atoms with E-state index in [1.807, 2.05) is 0 Å². The maximum atomic E-state index is 10.3. The molecular weight excluding hydrogens is 240 g/mol. The molecule has 4 heteroatoms. The molecule has 0 aromatic carbocycles. The number of aliphatic hydroxyl groups excluding tert-OH is 1. The van der Waals surface area contributed by atoms with Crippen LogP contribution in [0.5, 0.6) is 0 Å². The third-order valence-electron chi connectivity index (χ3n) is 4.12. The highest BCUT2D eigenvalue weighted by Crippen LogP contribution is 2.32. The molecule has 0 radical (unpaired) electrons. The monoisotopic (exact) mass is 272 g/mol. The highest BCUT2D eigenvalue weighted by atomic mass is 28.3. The molecule has 1 rings (SSSR count). The first-order chi connectivity index (χ1) is 8.20. The fourth-order valence-electron chi connectivity index (χ4n) is 3.05. The van der Waals surface area contributed by atoms with Gasteiger partial charge in [-0.25, -0.2) is 0 Å². The van der Waals surface area contributed by atoms with Gasteiger partial charge in [-0.05, 0) is 51.4 Å². The number of nitrogens with zero attached hydrogens (tertiary/aromatic N) is 1. The van der Waals surface area contributed by atoms with E-state index in [0.29, 0.717) is 17.9 Å². The lowest BCUT2D eigenvalue weighted by molar-refractivity contribution is 0.0250. The van der Waals surface area contributed by atoms with Crippen molar-refractivity contribution in [2.45, 2.75) is 58.1 Å². The molecule has 4 unspecified atom stereocenters. The Bertz CT molecular complexity index is 253. The maximum absolute atomic E-state index is 10.3. The molecule has 0 aliphatic heterocycles. The van der Waals surface area contributed by atoms with E-state index in [4.69, 9.17) is 0 Å². The summed E-state index contributed by atoms with van der Waals surface area (Å²) in [6, 6.07) is 0.686. The van der Waals surface area contributed by atoms with E-state index in [9.17, 15) is 5.11 Å². The molecule has 0 amide bonds. The van der Waals surface area contributed by atoms with Gasteiger partial charge in [0, 0.05) is 6.04 Å². The number of rotatable bonds is 5. The zero-order chi connectivity index (χ0) is 13.9. The van der Waals surface area contributed by atoms with E-state index in [0.717, 1.165) is 19.0 Å². The van der Waals surface area contributed by atoms with Crippen molar-refractivity contribution in [1.29, 1.82) is 0 Å². The lowest BCUT2D eigenvalue weighted by Crippen LogP contribution is -2.48. The topological polar surface area (TPSA) is 35.5 Å². The predicted octanol–water partition coefficient (Wildman–Crippen LogP) is 2.14. The van der Waals surface area contributed by atoms with Crippen LogP contribution in [0.2, 0.25) is 19.6 Å². The molecule has 0 heterocycles. The average molecular weight is 273 g/mol. The van der Waals surface area contributed by atoms with Gasteiger partial charge < -0.3 is 10.0 Å². The quantitative estimate of drug-likeness (QED) is 0.594. The minimum Gasteiger partial charge on any atom is -0.378 e. The first-order valence-corrected chi connectivity index (χ1v) is 11.0. The predicted molar refractivity (Wildman–Crippen MR) is 81.3 cm³/mol. The second-order valence-corrected chi connectivity index (χ2v) is 12.9. The van der Waals surface area contributed by atoms with Crippen molar-refractivity contribution in [2.24, 2.45) is 11.8 Å². The normalized spacial score (nSPS) is 31.7. The largest absolute Gasteiger partial charge is 0.378 e. The molecule has 1 fully saturated rings. The van der Waals surface area contributed by atoms with Gasteiger partial charge in [0.2, 0.25) is 0 Å². The zero-order valence-electron chi connectivity index (χ0n) is 13.0. The highest BCUT2D eigenvalue weighted by molar-refractivity contribution is 6.76. The van der Waals surface area contributed by atoms with Crippen molar-refractivity contribution in [3.05, 3.63) is 0 Å². The molecule has 1 saturated carbocycles. The Morgan fingerprint density at radius 1 is 1.28 bits per heavy atom. The van der Waals surface area contributed by atoms with Crippen molar-refractivity contribution in [2.75, 3.05) is 20.3 Å². The summed E-state index contributed by atoms with van der Waals surface area (Å²) in [6.45, 7) is 9.32. The van der Waals surface area contributed by atoms with Crippen molar-refractivity contribution in [1.82, 2.24) is 10.2 Å². The Morgan fingerprint density at radius 2 is 1.89 bits per heavy atom. The van der Waals surface area contributed by atoms with Gasteiger partial charge in [0.1, 0.15) is 6.23 Å². The second kappa shape index (κ2) is 6.50. The first-order valence-electron chi connectivity index (χ1n) is 7.28. The highest BCUT2D eigenvalue weighted by Gasteiger charge is 2.32. The second-order valence-electron chi connectivity index (χ2n) is 7.47. The van der Waals surface area contributed by atoms with Crippen LogP contribution >= 0.6 is 0 Å². The van der Waals surface area contributed by atoms with Crippen LogP contribution < -0.4 is 5.32 Å². The smallest absolute Gasteiger partial charge is 0.107 e. The molecule has 0 saturated heterocycles. The SMILES string of the molecule is CC1CC(C(O)NC[Si](C)(C)C)CCC1N(C)C. The Balaban J connectivity index is 2.41. The summed E-state index contributed by atoms with van der Waals surface area (Å²) >= 11 is 0. The van der Waals surface area contributed by atoms with E-state index in [1.165, 1.54) is 6.42 Å². The number of hydrogen-bond acceptors (Lipinski definition) is 3. The standard InChI is InChI=1S/C14H32N2OSi/c1-11-9-12(7-8-13(11)16(2)3)14(17)15-10-18(4,5)6/h11-15,17H,7-10H2,1-6H3. The van der Waals surface area contributed by atoms with E-state index >= 15 is 0 Å². The molecule has 1 aliphatic rings. The minimum absolute atomic E-state index is 0.303. The Kier molecular flexibility index (Phi) is 5.84. The van der Waals surface area contributed by atoms with Crippen LogP contribution in [0, 0.1) is 11.8 Å². The van der Waals surface area contributed by atoms with E-state index in [1.54, 1.807) is 0 Å². The molecule has 1 aliphatic carbocycles. The Hall–Kier alpha value is 0.0969. The lowest BCUT2D eigenvalue weighted by atomic mass is 9.77. The molecule has 2 N–H and O–H groups in total. The van der Waals surface area contributed by atoms with Gasteiger partial charge in [-0.3, -0.25) is 5.32 Å². The number of hydrogen-bond donors (Lipinski definition) is 2. The van der Waals surface area contributed by atoms with Gasteiger partial charge in [-0.2, -0.15) is 0 Å². The average Bonchev–Trinajstić information content (AvgIpc) is 2.24. The molecule has 18 heavy (non-hydrogen) atoms. The van der Waals surface area contributed by atoms with Gasteiger partial charge in [0.15, 0.2) is 0 Å². The third-order valence-corrected chi connectivity index (χ3v) is 5.38. The minimum atomic E-state index is -1.11. The summed E-state index contributed by atoms with van der Waals surface area (Å²) in [5.41, 5.74) is 0. The Labute approximate surface area is 114 Å². The lowest BCUT2D eigenvalue weighted by Gasteiger charge is -2.40. The number of aliphatic hydroxyl groups is 1. The third kappa shape index (κ3) is 5.00. The van der Waals surface area contributed by atoms with Gasteiger partial charge in [0.25, 0.3) is 0 Å². The maximum Gasteiger partial charge on any atom is 0.107 e. The molecule has 0 spiro atoms. The van der Waals surface area contributed by atoms with Crippen LogP contribution in [-0.2, 0) is 0 Å². The van der Waals surface area contributed by atoms with Crippen LogP contribution in [-0.4, -0.2) is 50.6 Å².